The highest BCUT2D eigenvalue weighted by Crippen LogP contribution is 2.42. The molecule has 2 N–H and O–H groups in total. The van der Waals surface area contributed by atoms with Crippen molar-refractivity contribution in [2.75, 3.05) is 11.9 Å². The number of nitrogens with one attached hydrogen (secondary N) is 1. The van der Waals surface area contributed by atoms with Crippen molar-refractivity contribution < 1.29 is 9.50 Å². The molecule has 0 bridgehead atoms. The van der Waals surface area contributed by atoms with Gasteiger partial charge in [0.25, 0.3) is 0 Å². The molecule has 0 saturated heterocycles. The molecular formula is C27H23FN6O. The molecule has 3 aromatic heterocycles. The van der Waals surface area contributed by atoms with Gasteiger partial charge in [-0.1, -0.05) is 12.1 Å². The van der Waals surface area contributed by atoms with Crippen LogP contribution in [-0.4, -0.2) is 36.4 Å². The van der Waals surface area contributed by atoms with E-state index in [0.29, 0.717) is 28.9 Å². The van der Waals surface area contributed by atoms with Crippen LogP contribution in [0.1, 0.15) is 12.8 Å². The van der Waals surface area contributed by atoms with Crippen molar-refractivity contribution in [2.45, 2.75) is 12.8 Å². The van der Waals surface area contributed by atoms with Crippen molar-refractivity contribution in [3.05, 3.63) is 72.8 Å². The number of phenols is 1. The molecule has 0 atom stereocenters. The second kappa shape index (κ2) is 8.47. The molecule has 35 heavy (non-hydrogen) atoms. The number of nitrogens with zero attached hydrogens (tertiary/aromatic N) is 5. The predicted octanol–water partition coefficient (Wildman–Crippen LogP) is 5.43. The number of pyridine rings is 1. The number of phenolic OH excluding ortho intramolecular Hbond substituents is 1. The first-order valence-electron chi connectivity index (χ1n) is 11.5. The van der Waals surface area contributed by atoms with Gasteiger partial charge in [-0.2, -0.15) is 5.10 Å². The summed E-state index contributed by atoms with van der Waals surface area (Å²) < 4.78 is 15.5. The van der Waals surface area contributed by atoms with Crippen molar-refractivity contribution in [1.29, 1.82) is 0 Å². The van der Waals surface area contributed by atoms with Gasteiger partial charge in [-0.15, -0.1) is 0 Å². The molecule has 0 unspecified atom stereocenters. The first-order valence-corrected chi connectivity index (χ1v) is 11.5. The Morgan fingerprint density at radius 3 is 2.46 bits per heavy atom. The summed E-state index contributed by atoms with van der Waals surface area (Å²) in [5.74, 6) is 1.10. The van der Waals surface area contributed by atoms with Gasteiger partial charge in [0.1, 0.15) is 11.6 Å². The summed E-state index contributed by atoms with van der Waals surface area (Å²) in [6, 6.07) is 15.2. The maximum Gasteiger partial charge on any atom is 0.223 e. The zero-order chi connectivity index (χ0) is 23.9. The van der Waals surface area contributed by atoms with E-state index in [2.05, 4.69) is 15.4 Å². The molecule has 0 radical (unpaired) electrons. The predicted molar refractivity (Wildman–Crippen MR) is 133 cm³/mol. The van der Waals surface area contributed by atoms with Crippen molar-refractivity contribution in [3.63, 3.8) is 0 Å². The zero-order valence-electron chi connectivity index (χ0n) is 19.1. The summed E-state index contributed by atoms with van der Waals surface area (Å²) in [6.45, 7) is 0.846. The average molecular weight is 467 g/mol. The smallest absolute Gasteiger partial charge is 0.223 e. The van der Waals surface area contributed by atoms with Gasteiger partial charge in [-0.05, 0) is 66.8 Å². The van der Waals surface area contributed by atoms with Crippen molar-refractivity contribution in [3.8, 4) is 39.4 Å². The van der Waals surface area contributed by atoms with Crippen molar-refractivity contribution >= 4 is 17.0 Å². The Balaban J connectivity index is 1.64. The van der Waals surface area contributed by atoms with E-state index in [9.17, 15) is 9.50 Å². The Morgan fingerprint density at radius 2 is 1.71 bits per heavy atom. The minimum atomic E-state index is -0.318. The molecule has 3 heterocycles. The molecule has 0 spiro atoms. The van der Waals surface area contributed by atoms with Gasteiger partial charge < -0.3 is 10.4 Å². The van der Waals surface area contributed by atoms with Gasteiger partial charge in [0.05, 0.1) is 11.4 Å². The van der Waals surface area contributed by atoms with Gasteiger partial charge >= 0.3 is 0 Å². The fourth-order valence-corrected chi connectivity index (χ4v) is 4.29. The SMILES string of the molecule is Cn1cc2c(-c3ccc(O)cc3)c(-c3ccnc(NCC4CC4)n3)c(-c3ccc(F)cc3)nc2n1. The van der Waals surface area contributed by atoms with E-state index in [0.717, 1.165) is 34.2 Å². The second-order valence-corrected chi connectivity index (χ2v) is 8.89. The number of aryl methyl sites for hydroxylation is 1. The maximum atomic E-state index is 13.8. The second-order valence-electron chi connectivity index (χ2n) is 8.89. The maximum absolute atomic E-state index is 13.8. The number of hydrogen-bond acceptors (Lipinski definition) is 6. The minimum Gasteiger partial charge on any atom is -0.508 e. The highest BCUT2D eigenvalue weighted by Gasteiger charge is 2.24. The Kier molecular flexibility index (Phi) is 5.13. The standard InChI is InChI=1S/C27H23FN6O/c1-34-15-21-23(17-6-10-20(35)11-7-17)24(22-12-13-29-27(31-22)30-14-16-2-3-16)25(32-26(21)33-34)18-4-8-19(28)9-5-18/h4-13,15-16,35H,2-3,14H2,1H3,(H,29,30,31). The summed E-state index contributed by atoms with van der Waals surface area (Å²) in [7, 11) is 1.85. The lowest BCUT2D eigenvalue weighted by Crippen LogP contribution is -2.07. The molecule has 1 aliphatic rings. The Bertz CT molecular complexity index is 1520. The fraction of sp³-hybridized carbons (Fsp3) is 0.185. The molecular weight excluding hydrogens is 443 g/mol. The van der Waals surface area contributed by atoms with E-state index < -0.39 is 0 Å². The Labute approximate surface area is 201 Å². The molecule has 8 heteroatoms. The van der Waals surface area contributed by atoms with Crippen molar-refractivity contribution in [1.82, 2.24) is 24.7 Å². The number of benzene rings is 2. The van der Waals surface area contributed by atoms with Crippen LogP contribution in [0.3, 0.4) is 0 Å². The molecule has 0 aliphatic heterocycles. The summed E-state index contributed by atoms with van der Waals surface area (Å²) in [4.78, 5) is 14.2. The molecule has 5 aromatic rings. The average Bonchev–Trinajstić information content (AvgIpc) is 3.62. The van der Waals surface area contributed by atoms with Gasteiger partial charge in [0.15, 0.2) is 5.65 Å². The summed E-state index contributed by atoms with van der Waals surface area (Å²) >= 11 is 0. The van der Waals surface area contributed by atoms with Crippen LogP contribution in [0.4, 0.5) is 10.3 Å². The number of aromatic hydroxyl groups is 1. The fourth-order valence-electron chi connectivity index (χ4n) is 4.29. The van der Waals surface area contributed by atoms with E-state index in [-0.39, 0.29) is 11.6 Å². The van der Waals surface area contributed by atoms with Crippen LogP contribution >= 0.6 is 0 Å². The number of hydrogen-bond donors (Lipinski definition) is 2. The lowest BCUT2D eigenvalue weighted by Gasteiger charge is -2.16. The van der Waals surface area contributed by atoms with Gasteiger partial charge in [-0.25, -0.2) is 19.3 Å². The van der Waals surface area contributed by atoms with Gasteiger partial charge in [0, 0.05) is 48.1 Å². The number of rotatable bonds is 6. The molecule has 7 nitrogen and oxygen atoms in total. The van der Waals surface area contributed by atoms with Crippen LogP contribution in [0.25, 0.3) is 44.7 Å². The molecule has 1 fully saturated rings. The van der Waals surface area contributed by atoms with Crippen LogP contribution in [0, 0.1) is 11.7 Å². The van der Waals surface area contributed by atoms with E-state index >= 15 is 0 Å². The molecule has 174 valence electrons. The lowest BCUT2D eigenvalue weighted by atomic mass is 9.91. The Morgan fingerprint density at radius 1 is 0.971 bits per heavy atom. The van der Waals surface area contributed by atoms with Crippen LogP contribution in [0.2, 0.25) is 0 Å². The number of aromatic nitrogens is 5. The van der Waals surface area contributed by atoms with E-state index in [4.69, 9.17) is 9.97 Å². The van der Waals surface area contributed by atoms with Crippen LogP contribution in [0.15, 0.2) is 67.0 Å². The number of fused-ring (bicyclic) bond motifs is 1. The normalized spacial score (nSPS) is 13.3. The molecule has 0 amide bonds. The zero-order valence-corrected chi connectivity index (χ0v) is 19.1. The van der Waals surface area contributed by atoms with Crippen LogP contribution < -0.4 is 5.32 Å². The number of halogens is 1. The molecule has 2 aromatic carbocycles. The summed E-state index contributed by atoms with van der Waals surface area (Å²) in [6.07, 6.45) is 6.12. The molecule has 1 aliphatic carbocycles. The van der Waals surface area contributed by atoms with E-state index in [1.165, 1.54) is 25.0 Å². The largest absolute Gasteiger partial charge is 0.508 e. The highest BCUT2D eigenvalue weighted by molar-refractivity contribution is 6.05. The summed E-state index contributed by atoms with van der Waals surface area (Å²) in [5.41, 5.74) is 5.21. The van der Waals surface area contributed by atoms with Crippen LogP contribution in [-0.2, 0) is 7.05 Å². The van der Waals surface area contributed by atoms with Crippen LogP contribution in [0.5, 0.6) is 5.75 Å². The highest BCUT2D eigenvalue weighted by atomic mass is 19.1. The molecule has 1 saturated carbocycles. The Hall–Kier alpha value is -4.33. The first kappa shape index (κ1) is 21.2. The van der Waals surface area contributed by atoms with E-state index in [1.807, 2.05) is 31.4 Å². The first-order chi connectivity index (χ1) is 17.0. The third-order valence-electron chi connectivity index (χ3n) is 6.21. The van der Waals surface area contributed by atoms with Crippen molar-refractivity contribution in [2.24, 2.45) is 13.0 Å². The molecule has 6 rings (SSSR count). The quantitative estimate of drug-likeness (QED) is 0.347. The third-order valence-corrected chi connectivity index (χ3v) is 6.21. The van der Waals surface area contributed by atoms with E-state index in [1.54, 1.807) is 35.1 Å². The summed E-state index contributed by atoms with van der Waals surface area (Å²) in [5, 5.41) is 18.7. The van der Waals surface area contributed by atoms with Gasteiger partial charge in [-0.3, -0.25) is 4.68 Å². The number of anilines is 1. The minimum absolute atomic E-state index is 0.180. The lowest BCUT2D eigenvalue weighted by molar-refractivity contribution is 0.475. The topological polar surface area (TPSA) is 88.8 Å². The third kappa shape index (κ3) is 4.19. The van der Waals surface area contributed by atoms with Gasteiger partial charge in [0.2, 0.25) is 5.95 Å². The monoisotopic (exact) mass is 466 g/mol.